The number of aromatic nitrogens is 4. The zero-order chi connectivity index (χ0) is 18.6. The summed E-state index contributed by atoms with van der Waals surface area (Å²) in [5.41, 5.74) is 7.44. The molecule has 1 aromatic carbocycles. The number of para-hydroxylation sites is 1. The second kappa shape index (κ2) is 7.55. The molecule has 1 amide bonds. The summed E-state index contributed by atoms with van der Waals surface area (Å²) in [6, 6.07) is 13.6. The van der Waals surface area contributed by atoms with E-state index in [2.05, 4.69) is 20.5 Å². The molecule has 1 aliphatic heterocycles. The summed E-state index contributed by atoms with van der Waals surface area (Å²) in [6.45, 7) is 1.78. The second-order valence-electron chi connectivity index (χ2n) is 6.54. The fourth-order valence-electron chi connectivity index (χ4n) is 3.13. The van der Waals surface area contributed by atoms with Crippen LogP contribution in [0.5, 0.6) is 0 Å². The number of hydrogen-bond acceptors (Lipinski definition) is 6. The molecule has 1 unspecified atom stereocenters. The lowest BCUT2D eigenvalue weighted by Gasteiger charge is -2.15. The first-order chi connectivity index (χ1) is 13.2. The van der Waals surface area contributed by atoms with E-state index in [-0.39, 0.29) is 11.9 Å². The van der Waals surface area contributed by atoms with Gasteiger partial charge in [-0.05, 0) is 30.7 Å². The van der Waals surface area contributed by atoms with Crippen LogP contribution >= 0.6 is 0 Å². The summed E-state index contributed by atoms with van der Waals surface area (Å²) < 4.78 is 1.92. The van der Waals surface area contributed by atoms with Gasteiger partial charge >= 0.3 is 0 Å². The van der Waals surface area contributed by atoms with Crippen LogP contribution in [-0.4, -0.2) is 49.7 Å². The van der Waals surface area contributed by atoms with Crippen molar-refractivity contribution in [3.05, 3.63) is 66.4 Å². The van der Waals surface area contributed by atoms with E-state index in [1.807, 2.05) is 34.9 Å². The van der Waals surface area contributed by atoms with Crippen LogP contribution in [0, 0.1) is 0 Å². The van der Waals surface area contributed by atoms with E-state index in [1.165, 1.54) is 0 Å². The van der Waals surface area contributed by atoms with Crippen LogP contribution in [0.4, 0.5) is 5.82 Å². The fourth-order valence-corrected chi connectivity index (χ4v) is 3.13. The predicted octanol–water partition coefficient (Wildman–Crippen LogP) is 1.45. The fraction of sp³-hybridized carbons (Fsp3) is 0.263. The van der Waals surface area contributed by atoms with Crippen molar-refractivity contribution in [2.75, 3.05) is 18.4 Å². The lowest BCUT2D eigenvalue weighted by Crippen LogP contribution is -2.31. The van der Waals surface area contributed by atoms with Crippen molar-refractivity contribution in [2.24, 2.45) is 5.73 Å². The van der Waals surface area contributed by atoms with E-state index in [0.29, 0.717) is 31.0 Å². The van der Waals surface area contributed by atoms with Gasteiger partial charge in [-0.25, -0.2) is 4.98 Å². The maximum absolute atomic E-state index is 12.4. The van der Waals surface area contributed by atoms with E-state index in [4.69, 9.17) is 5.73 Å². The van der Waals surface area contributed by atoms with E-state index in [9.17, 15) is 4.79 Å². The Bertz CT molecular complexity index is 907. The summed E-state index contributed by atoms with van der Waals surface area (Å²) in [4.78, 5) is 18.6. The number of rotatable bonds is 5. The van der Waals surface area contributed by atoms with Gasteiger partial charge in [0.1, 0.15) is 12.1 Å². The molecular weight excluding hydrogens is 342 g/mol. The van der Waals surface area contributed by atoms with E-state index >= 15 is 0 Å². The molecule has 8 heteroatoms. The molecule has 1 saturated heterocycles. The number of nitrogens with one attached hydrogen (secondary N) is 1. The van der Waals surface area contributed by atoms with E-state index in [1.54, 1.807) is 29.6 Å². The Kier molecular flexibility index (Phi) is 4.80. The third-order valence-corrected chi connectivity index (χ3v) is 4.60. The first kappa shape index (κ1) is 17.2. The number of nitrogens with zero attached hydrogens (tertiary/aromatic N) is 5. The molecule has 1 atom stereocenters. The van der Waals surface area contributed by atoms with Crippen molar-refractivity contribution >= 4 is 11.7 Å². The van der Waals surface area contributed by atoms with Gasteiger partial charge in [0.05, 0.1) is 12.1 Å². The molecular formula is C19H21N7O. The molecule has 0 radical (unpaired) electrons. The van der Waals surface area contributed by atoms with Crippen molar-refractivity contribution in [1.82, 2.24) is 24.6 Å². The molecule has 0 bridgehead atoms. The quantitative estimate of drug-likeness (QED) is 0.711. The maximum Gasteiger partial charge on any atom is 0.255 e. The number of anilines is 1. The Morgan fingerprint density at radius 3 is 2.78 bits per heavy atom. The van der Waals surface area contributed by atoms with Crippen molar-refractivity contribution in [3.63, 3.8) is 0 Å². The zero-order valence-electron chi connectivity index (χ0n) is 14.8. The van der Waals surface area contributed by atoms with Gasteiger partial charge < -0.3 is 16.0 Å². The standard InChI is InChI=1S/C19H21N7O/c20-15-8-9-25(12-15)19(27)14-6-7-17(21-10-14)22-11-18-24-23-13-26(18)16-4-2-1-3-5-16/h1-7,10,13,15H,8-9,11-12,20H2,(H,21,22). The van der Waals surface area contributed by atoms with Crippen molar-refractivity contribution in [3.8, 4) is 5.69 Å². The lowest BCUT2D eigenvalue weighted by molar-refractivity contribution is 0.0790. The predicted molar refractivity (Wildman–Crippen MR) is 101 cm³/mol. The van der Waals surface area contributed by atoms with Gasteiger partial charge in [-0.3, -0.25) is 9.36 Å². The number of benzene rings is 1. The smallest absolute Gasteiger partial charge is 0.255 e. The van der Waals surface area contributed by atoms with Gasteiger partial charge in [0.2, 0.25) is 0 Å². The SMILES string of the molecule is NC1CCN(C(=O)c2ccc(NCc3nncn3-c3ccccc3)nc2)C1. The Balaban J connectivity index is 1.40. The van der Waals surface area contributed by atoms with Gasteiger partial charge in [-0.2, -0.15) is 0 Å². The number of carbonyl (C=O) groups is 1. The molecule has 4 rings (SSSR count). The molecule has 3 N–H and O–H groups in total. The summed E-state index contributed by atoms with van der Waals surface area (Å²) >= 11 is 0. The summed E-state index contributed by atoms with van der Waals surface area (Å²) in [7, 11) is 0. The summed E-state index contributed by atoms with van der Waals surface area (Å²) in [6.07, 6.45) is 4.12. The first-order valence-corrected chi connectivity index (χ1v) is 8.90. The Morgan fingerprint density at radius 1 is 1.22 bits per heavy atom. The highest BCUT2D eigenvalue weighted by Gasteiger charge is 2.24. The highest BCUT2D eigenvalue weighted by molar-refractivity contribution is 5.94. The molecule has 3 heterocycles. The number of carbonyl (C=O) groups excluding carboxylic acids is 1. The Morgan fingerprint density at radius 2 is 2.07 bits per heavy atom. The molecule has 138 valence electrons. The number of nitrogens with two attached hydrogens (primary N) is 1. The first-order valence-electron chi connectivity index (χ1n) is 8.90. The maximum atomic E-state index is 12.4. The van der Waals surface area contributed by atoms with Gasteiger partial charge in [-0.15, -0.1) is 10.2 Å². The van der Waals surface area contributed by atoms with Gasteiger partial charge in [-0.1, -0.05) is 18.2 Å². The summed E-state index contributed by atoms with van der Waals surface area (Å²) in [5, 5.41) is 11.4. The number of hydrogen-bond donors (Lipinski definition) is 2. The minimum atomic E-state index is -0.0224. The molecule has 0 spiro atoms. The molecule has 0 saturated carbocycles. The van der Waals surface area contributed by atoms with Crippen LogP contribution in [0.15, 0.2) is 55.0 Å². The van der Waals surface area contributed by atoms with Gasteiger partial charge in [0.25, 0.3) is 5.91 Å². The molecule has 2 aromatic heterocycles. The molecule has 8 nitrogen and oxygen atoms in total. The average molecular weight is 363 g/mol. The number of amides is 1. The topological polar surface area (TPSA) is 102 Å². The number of pyridine rings is 1. The third-order valence-electron chi connectivity index (χ3n) is 4.60. The van der Waals surface area contributed by atoms with Crippen LogP contribution in [0.3, 0.4) is 0 Å². The average Bonchev–Trinajstić information content (AvgIpc) is 3.36. The lowest BCUT2D eigenvalue weighted by atomic mass is 10.2. The van der Waals surface area contributed by atoms with Crippen LogP contribution in [0.25, 0.3) is 5.69 Å². The van der Waals surface area contributed by atoms with Gasteiger partial charge in [0, 0.05) is 31.0 Å². The summed E-state index contributed by atoms with van der Waals surface area (Å²) in [5.74, 6) is 1.42. The molecule has 1 fully saturated rings. The third kappa shape index (κ3) is 3.80. The van der Waals surface area contributed by atoms with Crippen LogP contribution in [-0.2, 0) is 6.54 Å². The molecule has 27 heavy (non-hydrogen) atoms. The Labute approximate surface area is 157 Å². The van der Waals surface area contributed by atoms with Crippen molar-refractivity contribution < 1.29 is 4.79 Å². The second-order valence-corrected chi connectivity index (χ2v) is 6.54. The monoisotopic (exact) mass is 363 g/mol. The zero-order valence-corrected chi connectivity index (χ0v) is 14.8. The van der Waals surface area contributed by atoms with Crippen molar-refractivity contribution in [1.29, 1.82) is 0 Å². The van der Waals surface area contributed by atoms with Crippen LogP contribution in [0.1, 0.15) is 22.6 Å². The van der Waals surface area contributed by atoms with Gasteiger partial charge in [0.15, 0.2) is 5.82 Å². The highest BCUT2D eigenvalue weighted by atomic mass is 16.2. The molecule has 3 aromatic rings. The van der Waals surface area contributed by atoms with Crippen LogP contribution < -0.4 is 11.1 Å². The molecule has 1 aliphatic rings. The van der Waals surface area contributed by atoms with E-state index in [0.717, 1.165) is 17.9 Å². The Hall–Kier alpha value is -3.26. The van der Waals surface area contributed by atoms with Crippen LogP contribution in [0.2, 0.25) is 0 Å². The molecule has 0 aliphatic carbocycles. The van der Waals surface area contributed by atoms with E-state index < -0.39 is 0 Å². The minimum absolute atomic E-state index is 0.0224. The minimum Gasteiger partial charge on any atom is -0.363 e. The van der Waals surface area contributed by atoms with Crippen molar-refractivity contribution in [2.45, 2.75) is 19.0 Å². The number of likely N-dealkylation sites (tertiary alicyclic amines) is 1. The highest BCUT2D eigenvalue weighted by Crippen LogP contribution is 2.14. The normalized spacial score (nSPS) is 16.5. The largest absolute Gasteiger partial charge is 0.363 e.